The van der Waals surface area contributed by atoms with Gasteiger partial charge in [-0.1, -0.05) is 75.1 Å². The van der Waals surface area contributed by atoms with Gasteiger partial charge < -0.3 is 0 Å². The van der Waals surface area contributed by atoms with Gasteiger partial charge in [0.25, 0.3) is 0 Å². The molecular formula is C27H33F3N. The molecule has 0 saturated carbocycles. The Morgan fingerprint density at radius 1 is 0.774 bits per heavy atom. The Labute approximate surface area is 185 Å². The normalized spacial score (nSPS) is 11.8. The summed E-state index contributed by atoms with van der Waals surface area (Å²) in [6.45, 7) is 6.56. The van der Waals surface area contributed by atoms with E-state index in [2.05, 4.69) is 18.8 Å². The molecule has 0 aliphatic carbocycles. The highest BCUT2D eigenvalue weighted by molar-refractivity contribution is 5.36. The Morgan fingerprint density at radius 3 is 1.97 bits per heavy atom. The van der Waals surface area contributed by atoms with Crippen molar-refractivity contribution in [1.29, 1.82) is 0 Å². The molecule has 167 valence electrons. The molecule has 0 atom stereocenters. The Balaban J connectivity index is 1.81. The second kappa shape index (κ2) is 12.0. The number of halogens is 3. The van der Waals surface area contributed by atoms with E-state index in [1.165, 1.54) is 44.2 Å². The van der Waals surface area contributed by atoms with E-state index >= 15 is 0 Å². The maximum atomic E-state index is 12.8. The lowest BCUT2D eigenvalue weighted by Gasteiger charge is -2.25. The molecule has 0 bridgehead atoms. The van der Waals surface area contributed by atoms with Crippen LogP contribution in [0.5, 0.6) is 0 Å². The summed E-state index contributed by atoms with van der Waals surface area (Å²) in [5.41, 5.74) is 1.61. The first-order valence-electron chi connectivity index (χ1n) is 11.2. The summed E-state index contributed by atoms with van der Waals surface area (Å²) in [6.07, 6.45) is 4.25. The minimum Gasteiger partial charge on any atom is -0.226 e. The molecular weight excluding hydrogens is 395 g/mol. The van der Waals surface area contributed by atoms with Crippen molar-refractivity contribution in [3.05, 3.63) is 70.8 Å². The molecule has 2 aromatic rings. The van der Waals surface area contributed by atoms with E-state index in [4.69, 9.17) is 5.32 Å². The highest BCUT2D eigenvalue weighted by Crippen LogP contribution is 2.31. The molecule has 1 radical (unpaired) electrons. The zero-order chi connectivity index (χ0) is 22.7. The maximum absolute atomic E-state index is 12.8. The van der Waals surface area contributed by atoms with Gasteiger partial charge in [0.2, 0.25) is 0 Å². The zero-order valence-electron chi connectivity index (χ0n) is 18.9. The molecule has 0 heterocycles. The molecule has 0 fully saturated rings. The van der Waals surface area contributed by atoms with Gasteiger partial charge in [0.05, 0.1) is 11.1 Å². The summed E-state index contributed by atoms with van der Waals surface area (Å²) in [7, 11) is 0. The van der Waals surface area contributed by atoms with Crippen molar-refractivity contribution in [3.8, 4) is 11.8 Å². The molecule has 31 heavy (non-hydrogen) atoms. The number of hydrogen-bond donors (Lipinski definition) is 0. The van der Waals surface area contributed by atoms with Gasteiger partial charge in [-0.25, -0.2) is 5.32 Å². The molecule has 1 nitrogen and oxygen atoms in total. The molecule has 0 saturated heterocycles. The minimum atomic E-state index is -4.32. The Morgan fingerprint density at radius 2 is 1.35 bits per heavy atom. The van der Waals surface area contributed by atoms with Gasteiger partial charge >= 0.3 is 6.18 Å². The maximum Gasteiger partial charge on any atom is 0.416 e. The van der Waals surface area contributed by atoms with Crippen molar-refractivity contribution in [2.75, 3.05) is 0 Å². The van der Waals surface area contributed by atoms with Crippen LogP contribution in [0.15, 0.2) is 48.5 Å². The van der Waals surface area contributed by atoms with E-state index in [1.54, 1.807) is 0 Å². The summed E-state index contributed by atoms with van der Waals surface area (Å²) in [6, 6.07) is 13.3. The van der Waals surface area contributed by atoms with E-state index in [0.29, 0.717) is 6.54 Å². The molecule has 2 rings (SSSR count). The molecule has 0 aromatic heterocycles. The first kappa shape index (κ1) is 25.0. The first-order valence-corrected chi connectivity index (χ1v) is 11.2. The predicted molar refractivity (Wildman–Crippen MR) is 122 cm³/mol. The second-order valence-electron chi connectivity index (χ2n) is 8.47. The summed E-state index contributed by atoms with van der Waals surface area (Å²) in [5.74, 6) is 6.47. The lowest BCUT2D eigenvalue weighted by atomic mass is 9.93. The molecule has 0 unspecified atom stereocenters. The van der Waals surface area contributed by atoms with Crippen LogP contribution in [0.25, 0.3) is 0 Å². The van der Waals surface area contributed by atoms with Crippen LogP contribution >= 0.6 is 0 Å². The molecule has 0 aliphatic heterocycles. The van der Waals surface area contributed by atoms with Gasteiger partial charge in [-0.3, -0.25) is 0 Å². The van der Waals surface area contributed by atoms with Crippen LogP contribution in [-0.2, 0) is 18.3 Å². The quantitative estimate of drug-likeness (QED) is 0.270. The van der Waals surface area contributed by atoms with Gasteiger partial charge in [-0.15, -0.1) is 0 Å². The lowest BCUT2D eigenvalue weighted by molar-refractivity contribution is -0.137. The van der Waals surface area contributed by atoms with Crippen molar-refractivity contribution in [1.82, 2.24) is 5.32 Å². The van der Waals surface area contributed by atoms with Crippen LogP contribution in [-0.4, -0.2) is 0 Å². The molecule has 0 spiro atoms. The summed E-state index contributed by atoms with van der Waals surface area (Å²) in [4.78, 5) is 0. The fourth-order valence-corrected chi connectivity index (χ4v) is 3.30. The molecule has 0 amide bonds. The smallest absolute Gasteiger partial charge is 0.226 e. The number of unbranched alkanes of at least 4 members (excludes halogenated alkanes) is 6. The van der Waals surface area contributed by atoms with Crippen molar-refractivity contribution in [2.45, 2.75) is 84.0 Å². The topological polar surface area (TPSA) is 14.1 Å². The van der Waals surface area contributed by atoms with Crippen LogP contribution in [0.4, 0.5) is 13.2 Å². The average molecular weight is 429 g/mol. The average Bonchev–Trinajstić information content (AvgIpc) is 2.74. The van der Waals surface area contributed by atoms with E-state index < -0.39 is 17.3 Å². The number of rotatable bonds is 10. The molecule has 0 aliphatic rings. The van der Waals surface area contributed by atoms with Crippen molar-refractivity contribution >= 4 is 0 Å². The second-order valence-corrected chi connectivity index (χ2v) is 8.47. The molecule has 4 heteroatoms. The monoisotopic (exact) mass is 428 g/mol. The first-order chi connectivity index (χ1) is 14.7. The Kier molecular flexibility index (Phi) is 9.65. The van der Waals surface area contributed by atoms with Gasteiger partial charge in [-0.2, -0.15) is 13.2 Å². The summed E-state index contributed by atoms with van der Waals surface area (Å²) < 4.78 is 38.3. The third-order valence-corrected chi connectivity index (χ3v) is 5.42. The highest BCUT2D eigenvalue weighted by atomic mass is 19.4. The third kappa shape index (κ3) is 8.79. The summed E-state index contributed by atoms with van der Waals surface area (Å²) in [5, 5.41) is 4.72. The van der Waals surface area contributed by atoms with Crippen LogP contribution in [0, 0.1) is 11.8 Å². The van der Waals surface area contributed by atoms with E-state index in [1.807, 2.05) is 38.1 Å². The van der Waals surface area contributed by atoms with E-state index in [-0.39, 0.29) is 0 Å². The standard InChI is InChI=1S/C27H33F3N/c1-4-5-6-7-8-9-10-11-12-22-13-15-23(16-14-22)21-31-26(2,3)24-17-19-25(20-18-24)27(28,29)30/h13-20H,4-10,21H2,1-3H3. The van der Waals surface area contributed by atoms with Crippen LogP contribution in [0.3, 0.4) is 0 Å². The van der Waals surface area contributed by atoms with Gasteiger partial charge in [0.15, 0.2) is 0 Å². The number of benzene rings is 2. The van der Waals surface area contributed by atoms with Crippen molar-refractivity contribution in [3.63, 3.8) is 0 Å². The third-order valence-electron chi connectivity index (χ3n) is 5.42. The SMILES string of the molecule is CCCCCCCCC#Cc1ccc(C[N]C(C)(C)c2ccc(C(F)(F)F)cc2)cc1. The number of nitrogens with zero attached hydrogens (tertiary/aromatic N) is 1. The number of alkyl halides is 3. The number of hydrogen-bond acceptors (Lipinski definition) is 0. The predicted octanol–water partition coefficient (Wildman–Crippen LogP) is 7.85. The van der Waals surface area contributed by atoms with E-state index in [9.17, 15) is 13.2 Å². The Bertz CT molecular complexity index is 837. The van der Waals surface area contributed by atoms with Crippen molar-refractivity contribution < 1.29 is 13.2 Å². The van der Waals surface area contributed by atoms with Crippen molar-refractivity contribution in [2.24, 2.45) is 0 Å². The fraction of sp³-hybridized carbons (Fsp3) is 0.481. The highest BCUT2D eigenvalue weighted by Gasteiger charge is 2.31. The summed E-state index contributed by atoms with van der Waals surface area (Å²) >= 11 is 0. The van der Waals surface area contributed by atoms with Crippen LogP contribution < -0.4 is 5.32 Å². The Hall–Kier alpha value is -2.25. The fourth-order valence-electron chi connectivity index (χ4n) is 3.30. The van der Waals surface area contributed by atoms with E-state index in [0.717, 1.165) is 41.7 Å². The van der Waals surface area contributed by atoms with Gasteiger partial charge in [0.1, 0.15) is 0 Å². The molecule has 0 N–H and O–H groups in total. The lowest BCUT2D eigenvalue weighted by Crippen LogP contribution is -2.30. The molecule has 2 aromatic carbocycles. The van der Waals surface area contributed by atoms with Crippen LogP contribution in [0.2, 0.25) is 0 Å². The van der Waals surface area contributed by atoms with Gasteiger partial charge in [0, 0.05) is 18.5 Å². The minimum absolute atomic E-state index is 0.499. The largest absolute Gasteiger partial charge is 0.416 e. The van der Waals surface area contributed by atoms with Crippen LogP contribution in [0.1, 0.15) is 88.0 Å². The van der Waals surface area contributed by atoms with Gasteiger partial charge in [-0.05, 0) is 55.7 Å². The zero-order valence-corrected chi connectivity index (χ0v) is 18.9.